The Hall–Kier alpha value is -1.72. The SMILES string of the molecule is COCCNCc1ncc(-c2cccc(F)c2)o1. The van der Waals surface area contributed by atoms with E-state index in [2.05, 4.69) is 10.3 Å². The molecule has 0 fully saturated rings. The number of rotatable bonds is 6. The number of halogens is 1. The number of benzene rings is 1. The first-order valence-electron chi connectivity index (χ1n) is 5.70. The Morgan fingerprint density at radius 1 is 1.44 bits per heavy atom. The highest BCUT2D eigenvalue weighted by molar-refractivity contribution is 5.55. The molecule has 0 atom stereocenters. The Bertz CT molecular complexity index is 499. The topological polar surface area (TPSA) is 47.3 Å². The van der Waals surface area contributed by atoms with E-state index < -0.39 is 0 Å². The number of nitrogens with one attached hydrogen (secondary N) is 1. The lowest BCUT2D eigenvalue weighted by Crippen LogP contribution is -2.18. The van der Waals surface area contributed by atoms with Gasteiger partial charge in [-0.15, -0.1) is 0 Å². The van der Waals surface area contributed by atoms with E-state index in [1.807, 2.05) is 0 Å². The van der Waals surface area contributed by atoms with Crippen LogP contribution in [0.15, 0.2) is 34.9 Å². The molecule has 2 aromatic rings. The van der Waals surface area contributed by atoms with E-state index in [1.54, 1.807) is 25.4 Å². The van der Waals surface area contributed by atoms with Gasteiger partial charge in [0, 0.05) is 19.2 Å². The maximum absolute atomic E-state index is 13.1. The van der Waals surface area contributed by atoms with Gasteiger partial charge in [-0.1, -0.05) is 12.1 Å². The minimum Gasteiger partial charge on any atom is -0.439 e. The minimum atomic E-state index is -0.288. The molecule has 0 saturated carbocycles. The van der Waals surface area contributed by atoms with E-state index in [0.717, 1.165) is 6.54 Å². The summed E-state index contributed by atoms with van der Waals surface area (Å²) in [5.74, 6) is 0.854. The Balaban J connectivity index is 1.97. The molecule has 96 valence electrons. The number of nitrogens with zero attached hydrogens (tertiary/aromatic N) is 1. The van der Waals surface area contributed by atoms with Crippen molar-refractivity contribution in [3.05, 3.63) is 42.2 Å². The van der Waals surface area contributed by atoms with Crippen LogP contribution < -0.4 is 5.32 Å². The van der Waals surface area contributed by atoms with Gasteiger partial charge in [0.15, 0.2) is 5.76 Å². The fourth-order valence-electron chi connectivity index (χ4n) is 1.54. The molecule has 0 unspecified atom stereocenters. The molecular formula is C13H15FN2O2. The van der Waals surface area contributed by atoms with E-state index in [0.29, 0.717) is 30.4 Å². The van der Waals surface area contributed by atoms with Gasteiger partial charge < -0.3 is 14.5 Å². The van der Waals surface area contributed by atoms with Gasteiger partial charge in [-0.3, -0.25) is 0 Å². The zero-order valence-electron chi connectivity index (χ0n) is 10.1. The third kappa shape index (κ3) is 3.38. The molecule has 1 heterocycles. The van der Waals surface area contributed by atoms with Crippen LogP contribution in [0.2, 0.25) is 0 Å². The van der Waals surface area contributed by atoms with Gasteiger partial charge in [0.05, 0.1) is 19.3 Å². The summed E-state index contributed by atoms with van der Waals surface area (Å²) in [7, 11) is 1.65. The molecular weight excluding hydrogens is 235 g/mol. The van der Waals surface area contributed by atoms with E-state index in [9.17, 15) is 4.39 Å². The zero-order chi connectivity index (χ0) is 12.8. The molecule has 0 aliphatic heterocycles. The molecule has 1 aromatic carbocycles. The van der Waals surface area contributed by atoms with Crippen LogP contribution in [-0.2, 0) is 11.3 Å². The monoisotopic (exact) mass is 250 g/mol. The third-order valence-electron chi connectivity index (χ3n) is 2.42. The Morgan fingerprint density at radius 3 is 3.11 bits per heavy atom. The first kappa shape index (κ1) is 12.7. The van der Waals surface area contributed by atoms with Crippen molar-refractivity contribution in [3.8, 4) is 11.3 Å². The quantitative estimate of drug-likeness (QED) is 0.798. The average molecular weight is 250 g/mol. The van der Waals surface area contributed by atoms with Gasteiger partial charge in [0.1, 0.15) is 5.82 Å². The van der Waals surface area contributed by atoms with E-state index in [4.69, 9.17) is 9.15 Å². The van der Waals surface area contributed by atoms with Crippen LogP contribution in [0.3, 0.4) is 0 Å². The van der Waals surface area contributed by atoms with Crippen LogP contribution in [0.4, 0.5) is 4.39 Å². The van der Waals surface area contributed by atoms with Gasteiger partial charge in [-0.05, 0) is 12.1 Å². The largest absolute Gasteiger partial charge is 0.439 e. The van der Waals surface area contributed by atoms with Crippen LogP contribution in [0.5, 0.6) is 0 Å². The molecule has 0 amide bonds. The molecule has 0 saturated heterocycles. The van der Waals surface area contributed by atoms with Crippen molar-refractivity contribution in [2.75, 3.05) is 20.3 Å². The lowest BCUT2D eigenvalue weighted by atomic mass is 10.2. The van der Waals surface area contributed by atoms with Gasteiger partial charge in [0.25, 0.3) is 0 Å². The molecule has 1 aromatic heterocycles. The van der Waals surface area contributed by atoms with Crippen molar-refractivity contribution in [2.24, 2.45) is 0 Å². The molecule has 2 rings (SSSR count). The van der Waals surface area contributed by atoms with Gasteiger partial charge in [-0.2, -0.15) is 0 Å². The molecule has 0 radical (unpaired) electrons. The smallest absolute Gasteiger partial charge is 0.208 e. The predicted octanol–water partition coefficient (Wildman–Crippen LogP) is 2.22. The Morgan fingerprint density at radius 2 is 2.33 bits per heavy atom. The van der Waals surface area contributed by atoms with Crippen molar-refractivity contribution in [3.63, 3.8) is 0 Å². The van der Waals surface area contributed by atoms with Crippen molar-refractivity contribution in [1.29, 1.82) is 0 Å². The first-order chi connectivity index (χ1) is 8.79. The van der Waals surface area contributed by atoms with Crippen molar-refractivity contribution < 1.29 is 13.5 Å². The summed E-state index contributed by atoms with van der Waals surface area (Å²) in [6.07, 6.45) is 1.60. The number of hydrogen-bond acceptors (Lipinski definition) is 4. The number of oxazole rings is 1. The fourth-order valence-corrected chi connectivity index (χ4v) is 1.54. The highest BCUT2D eigenvalue weighted by atomic mass is 19.1. The van der Waals surface area contributed by atoms with E-state index in [-0.39, 0.29) is 5.82 Å². The molecule has 18 heavy (non-hydrogen) atoms. The fraction of sp³-hybridized carbons (Fsp3) is 0.308. The molecule has 4 nitrogen and oxygen atoms in total. The van der Waals surface area contributed by atoms with Gasteiger partial charge >= 0.3 is 0 Å². The molecule has 0 bridgehead atoms. The Labute approximate surface area is 105 Å². The molecule has 0 spiro atoms. The second-order valence-electron chi connectivity index (χ2n) is 3.80. The summed E-state index contributed by atoms with van der Waals surface area (Å²) in [6.45, 7) is 1.89. The van der Waals surface area contributed by atoms with Gasteiger partial charge in [0.2, 0.25) is 5.89 Å². The summed E-state index contributed by atoms with van der Waals surface area (Å²) in [6, 6.07) is 6.24. The van der Waals surface area contributed by atoms with Crippen LogP contribution in [0.1, 0.15) is 5.89 Å². The number of ether oxygens (including phenoxy) is 1. The average Bonchev–Trinajstić information content (AvgIpc) is 2.83. The van der Waals surface area contributed by atoms with Crippen LogP contribution >= 0.6 is 0 Å². The van der Waals surface area contributed by atoms with Crippen LogP contribution in [-0.4, -0.2) is 25.2 Å². The van der Waals surface area contributed by atoms with Crippen molar-refractivity contribution in [2.45, 2.75) is 6.54 Å². The second-order valence-corrected chi connectivity index (χ2v) is 3.80. The second kappa shape index (κ2) is 6.28. The highest BCUT2D eigenvalue weighted by Gasteiger charge is 2.06. The molecule has 1 N–H and O–H groups in total. The summed E-state index contributed by atoms with van der Waals surface area (Å²) < 4.78 is 23.5. The van der Waals surface area contributed by atoms with Gasteiger partial charge in [-0.25, -0.2) is 9.37 Å². The summed E-state index contributed by atoms with van der Waals surface area (Å²) >= 11 is 0. The lowest BCUT2D eigenvalue weighted by molar-refractivity contribution is 0.198. The standard InChI is InChI=1S/C13H15FN2O2/c1-17-6-5-15-9-13-16-8-12(18-13)10-3-2-4-11(14)7-10/h2-4,7-8,15H,5-6,9H2,1H3. The third-order valence-corrected chi connectivity index (χ3v) is 2.42. The highest BCUT2D eigenvalue weighted by Crippen LogP contribution is 2.20. The maximum Gasteiger partial charge on any atom is 0.208 e. The number of aromatic nitrogens is 1. The summed E-state index contributed by atoms with van der Waals surface area (Å²) in [4.78, 5) is 4.13. The van der Waals surface area contributed by atoms with Crippen molar-refractivity contribution in [1.82, 2.24) is 10.3 Å². The lowest BCUT2D eigenvalue weighted by Gasteiger charge is -2.00. The number of hydrogen-bond donors (Lipinski definition) is 1. The molecule has 0 aliphatic carbocycles. The van der Waals surface area contributed by atoms with Crippen LogP contribution in [0, 0.1) is 5.82 Å². The van der Waals surface area contributed by atoms with E-state index in [1.165, 1.54) is 12.1 Å². The maximum atomic E-state index is 13.1. The summed E-state index contributed by atoms with van der Waals surface area (Å²) in [5, 5.41) is 3.12. The normalized spacial score (nSPS) is 10.8. The van der Waals surface area contributed by atoms with E-state index >= 15 is 0 Å². The van der Waals surface area contributed by atoms with Crippen LogP contribution in [0.25, 0.3) is 11.3 Å². The Kier molecular flexibility index (Phi) is 4.44. The zero-order valence-corrected chi connectivity index (χ0v) is 10.1. The minimum absolute atomic E-state index is 0.288. The first-order valence-corrected chi connectivity index (χ1v) is 5.70. The van der Waals surface area contributed by atoms with Crippen molar-refractivity contribution >= 4 is 0 Å². The predicted molar refractivity (Wildman–Crippen MR) is 65.5 cm³/mol. The summed E-state index contributed by atoms with van der Waals surface area (Å²) in [5.41, 5.74) is 0.686. The molecule has 0 aliphatic rings. The molecule has 5 heteroatoms. The number of methoxy groups -OCH3 is 1.